The molecule has 0 unspecified atom stereocenters. The maximum absolute atomic E-state index is 9.95. The summed E-state index contributed by atoms with van der Waals surface area (Å²) in [7, 11) is 1.45. The third kappa shape index (κ3) is 5.43. The third-order valence-corrected chi connectivity index (χ3v) is 1.10. The Balaban J connectivity index is 4.04. The van der Waals surface area contributed by atoms with Crippen LogP contribution in [0.5, 0.6) is 0 Å². The molecule has 0 aliphatic rings. The van der Waals surface area contributed by atoms with Crippen molar-refractivity contribution in [3.8, 4) is 0 Å². The Bertz CT molecular complexity index is 199. The molecule has 0 radical (unpaired) electrons. The largest absolute Gasteiger partial charge is 0.497 e. The van der Waals surface area contributed by atoms with Crippen LogP contribution in [0.25, 0.3) is 0 Å². The Labute approximate surface area is 70.7 Å². The fraction of sp³-hybridized carbons (Fsp3) is 0.429. The minimum Gasteiger partial charge on any atom is -0.497 e. The molecule has 0 saturated heterocycles. The number of nitrogens with two attached hydrogens (primary N) is 1. The molecule has 0 aromatic rings. The van der Waals surface area contributed by atoms with Crippen molar-refractivity contribution in [1.29, 1.82) is 0 Å². The minimum absolute atomic E-state index is 0.238. The molecule has 0 atom stereocenters. The topological polar surface area (TPSA) is 78.4 Å². The summed E-state index contributed by atoms with van der Waals surface area (Å²) in [4.78, 5) is 9.51. The monoisotopic (exact) mass is 172 g/mol. The average molecular weight is 172 g/mol. The second-order valence-corrected chi connectivity index (χ2v) is 1.96. The van der Waals surface area contributed by atoms with E-state index in [4.69, 9.17) is 10.5 Å². The molecule has 0 bridgehead atoms. The van der Waals surface area contributed by atoms with Crippen LogP contribution in [0.2, 0.25) is 0 Å². The van der Waals surface area contributed by atoms with E-state index in [0.29, 0.717) is 12.3 Å². The zero-order valence-corrected chi connectivity index (χ0v) is 6.90. The van der Waals surface area contributed by atoms with Gasteiger partial charge in [0.2, 0.25) is 6.54 Å². The van der Waals surface area contributed by atoms with E-state index < -0.39 is 4.92 Å². The van der Waals surface area contributed by atoms with E-state index in [0.717, 1.165) is 0 Å². The van der Waals surface area contributed by atoms with E-state index in [1.54, 1.807) is 12.2 Å². The lowest BCUT2D eigenvalue weighted by atomic mass is 10.4. The van der Waals surface area contributed by atoms with Crippen molar-refractivity contribution < 1.29 is 9.66 Å². The van der Waals surface area contributed by atoms with Crippen LogP contribution in [0.15, 0.2) is 24.0 Å². The predicted octanol–water partition coefficient (Wildman–Crippen LogP) is 0.308. The summed E-state index contributed by atoms with van der Waals surface area (Å²) in [5.74, 6) is 0.456. The number of ether oxygens (including phenoxy) is 1. The van der Waals surface area contributed by atoms with Gasteiger partial charge in [-0.15, -0.1) is 0 Å². The summed E-state index contributed by atoms with van der Waals surface area (Å²) >= 11 is 0. The van der Waals surface area contributed by atoms with Crippen molar-refractivity contribution in [2.45, 2.75) is 0 Å². The molecular formula is C7H12N2O3. The molecule has 0 amide bonds. The van der Waals surface area contributed by atoms with Crippen molar-refractivity contribution >= 4 is 0 Å². The summed E-state index contributed by atoms with van der Waals surface area (Å²) in [5.41, 5.74) is 5.18. The SMILES string of the molecule is COC(/C=C\CN)=C/C[N+](=O)[O-]. The van der Waals surface area contributed by atoms with Crippen LogP contribution in [0.3, 0.4) is 0 Å². The lowest BCUT2D eigenvalue weighted by Crippen LogP contribution is -1.99. The molecule has 0 rings (SSSR count). The van der Waals surface area contributed by atoms with Gasteiger partial charge >= 0.3 is 0 Å². The molecule has 2 N–H and O–H groups in total. The maximum atomic E-state index is 9.95. The molecular weight excluding hydrogens is 160 g/mol. The summed E-state index contributed by atoms with van der Waals surface area (Å²) in [5, 5.41) is 9.95. The number of nitro groups is 1. The maximum Gasteiger partial charge on any atom is 0.225 e. The number of hydrogen-bond acceptors (Lipinski definition) is 4. The summed E-state index contributed by atoms with van der Waals surface area (Å²) in [6.07, 6.45) is 4.64. The van der Waals surface area contributed by atoms with E-state index in [-0.39, 0.29) is 6.54 Å². The molecule has 0 aliphatic carbocycles. The predicted molar refractivity (Wildman–Crippen MR) is 45.1 cm³/mol. The van der Waals surface area contributed by atoms with Gasteiger partial charge in [-0.25, -0.2) is 0 Å². The molecule has 5 nitrogen and oxygen atoms in total. The van der Waals surface area contributed by atoms with Gasteiger partial charge in [0.1, 0.15) is 5.76 Å². The molecule has 0 aliphatic heterocycles. The van der Waals surface area contributed by atoms with Crippen LogP contribution in [0.1, 0.15) is 0 Å². The fourth-order valence-electron chi connectivity index (χ4n) is 0.568. The first-order chi connectivity index (χ1) is 5.70. The second-order valence-electron chi connectivity index (χ2n) is 1.96. The van der Waals surface area contributed by atoms with Crippen LogP contribution in [0, 0.1) is 10.1 Å². The van der Waals surface area contributed by atoms with Crippen molar-refractivity contribution in [3.05, 3.63) is 34.1 Å². The first kappa shape index (κ1) is 10.6. The second kappa shape index (κ2) is 6.36. The lowest BCUT2D eigenvalue weighted by molar-refractivity contribution is -0.468. The highest BCUT2D eigenvalue weighted by Crippen LogP contribution is 1.96. The number of allylic oxidation sites excluding steroid dienone is 1. The highest BCUT2D eigenvalue weighted by Gasteiger charge is 1.94. The number of methoxy groups -OCH3 is 1. The molecule has 0 aromatic heterocycles. The molecule has 0 saturated carbocycles. The van der Waals surface area contributed by atoms with Crippen LogP contribution in [-0.2, 0) is 4.74 Å². The molecule has 68 valence electrons. The molecule has 0 aromatic carbocycles. The minimum atomic E-state index is -0.435. The average Bonchev–Trinajstić information content (AvgIpc) is 2.05. The Morgan fingerprint density at radius 3 is 2.83 bits per heavy atom. The Morgan fingerprint density at radius 1 is 1.75 bits per heavy atom. The molecule has 12 heavy (non-hydrogen) atoms. The Kier molecular flexibility index (Phi) is 5.64. The van der Waals surface area contributed by atoms with E-state index in [9.17, 15) is 10.1 Å². The van der Waals surface area contributed by atoms with Gasteiger partial charge in [0.05, 0.1) is 7.11 Å². The van der Waals surface area contributed by atoms with Crippen LogP contribution in [0.4, 0.5) is 0 Å². The van der Waals surface area contributed by atoms with E-state index in [1.165, 1.54) is 13.2 Å². The van der Waals surface area contributed by atoms with Gasteiger partial charge in [-0.2, -0.15) is 0 Å². The highest BCUT2D eigenvalue weighted by atomic mass is 16.6. The van der Waals surface area contributed by atoms with E-state index in [1.807, 2.05) is 0 Å². The van der Waals surface area contributed by atoms with Crippen molar-refractivity contribution in [2.24, 2.45) is 5.73 Å². The fourth-order valence-corrected chi connectivity index (χ4v) is 0.568. The van der Waals surface area contributed by atoms with Gasteiger partial charge in [-0.05, 0) is 6.08 Å². The standard InChI is InChI=1S/C7H12N2O3/c1-12-7(3-2-5-8)4-6-9(10)11/h2-4H,5-6,8H2,1H3/b3-2-,7-4+. The van der Waals surface area contributed by atoms with E-state index >= 15 is 0 Å². The van der Waals surface area contributed by atoms with Gasteiger partial charge < -0.3 is 10.5 Å². The first-order valence-electron chi connectivity index (χ1n) is 3.43. The van der Waals surface area contributed by atoms with Gasteiger partial charge in [-0.1, -0.05) is 6.08 Å². The smallest absolute Gasteiger partial charge is 0.225 e. The summed E-state index contributed by atoms with van der Waals surface area (Å²) in [6.45, 7) is 0.150. The van der Waals surface area contributed by atoms with E-state index in [2.05, 4.69) is 0 Å². The van der Waals surface area contributed by atoms with Gasteiger partial charge in [-0.3, -0.25) is 10.1 Å². The zero-order chi connectivity index (χ0) is 9.40. The Hall–Kier alpha value is -1.36. The van der Waals surface area contributed by atoms with Gasteiger partial charge in [0.25, 0.3) is 0 Å². The molecule has 0 spiro atoms. The van der Waals surface area contributed by atoms with Crippen LogP contribution < -0.4 is 5.73 Å². The summed E-state index contributed by atoms with van der Waals surface area (Å²) < 4.78 is 4.82. The van der Waals surface area contributed by atoms with Crippen molar-refractivity contribution in [3.63, 3.8) is 0 Å². The molecule has 0 fully saturated rings. The first-order valence-corrected chi connectivity index (χ1v) is 3.43. The lowest BCUT2D eigenvalue weighted by Gasteiger charge is -1.97. The normalized spacial score (nSPS) is 12.0. The summed E-state index contributed by atoms with van der Waals surface area (Å²) in [6, 6.07) is 0. The third-order valence-electron chi connectivity index (χ3n) is 1.10. The number of rotatable bonds is 5. The number of hydrogen-bond donors (Lipinski definition) is 1. The quantitative estimate of drug-likeness (QED) is 0.280. The Morgan fingerprint density at radius 2 is 2.42 bits per heavy atom. The molecule has 5 heteroatoms. The van der Waals surface area contributed by atoms with Crippen LogP contribution >= 0.6 is 0 Å². The van der Waals surface area contributed by atoms with Crippen LogP contribution in [-0.4, -0.2) is 25.1 Å². The molecule has 0 heterocycles. The zero-order valence-electron chi connectivity index (χ0n) is 6.90. The van der Waals surface area contributed by atoms with Crippen molar-refractivity contribution in [2.75, 3.05) is 20.2 Å². The van der Waals surface area contributed by atoms with Gasteiger partial charge in [0.15, 0.2) is 0 Å². The van der Waals surface area contributed by atoms with Gasteiger partial charge in [0, 0.05) is 17.5 Å². The van der Waals surface area contributed by atoms with Crippen molar-refractivity contribution in [1.82, 2.24) is 0 Å². The highest BCUT2D eigenvalue weighted by molar-refractivity contribution is 5.11. The number of nitrogens with zero attached hydrogens (tertiary/aromatic N) is 1.